The van der Waals surface area contributed by atoms with Gasteiger partial charge < -0.3 is 9.30 Å². The van der Waals surface area contributed by atoms with Gasteiger partial charge in [0.1, 0.15) is 0 Å². The molecule has 2 fully saturated rings. The summed E-state index contributed by atoms with van der Waals surface area (Å²) in [5, 5.41) is 0. The van der Waals surface area contributed by atoms with Crippen LogP contribution in [0.1, 0.15) is 69.2 Å². The molecule has 3 nitrogen and oxygen atoms in total. The van der Waals surface area contributed by atoms with Gasteiger partial charge in [0.2, 0.25) is 0 Å². The van der Waals surface area contributed by atoms with E-state index in [1.54, 1.807) is 0 Å². The zero-order valence-electron chi connectivity index (χ0n) is 13.3. The van der Waals surface area contributed by atoms with Gasteiger partial charge in [-0.3, -0.25) is 4.79 Å². The van der Waals surface area contributed by atoms with Gasteiger partial charge in [0, 0.05) is 30.4 Å². The number of aromatic nitrogens is 1. The van der Waals surface area contributed by atoms with Crippen molar-refractivity contribution < 1.29 is 9.53 Å². The zero-order chi connectivity index (χ0) is 14.9. The lowest BCUT2D eigenvalue weighted by Gasteiger charge is -2.33. The van der Waals surface area contributed by atoms with Gasteiger partial charge in [-0.25, -0.2) is 0 Å². The molecule has 21 heavy (non-hydrogen) atoms. The summed E-state index contributed by atoms with van der Waals surface area (Å²) in [5.41, 5.74) is 1.02. The lowest BCUT2D eigenvalue weighted by atomic mass is 9.83. The van der Waals surface area contributed by atoms with Gasteiger partial charge in [-0.2, -0.15) is 0 Å². The molecule has 1 saturated carbocycles. The molecule has 2 aliphatic rings. The van der Waals surface area contributed by atoms with Crippen molar-refractivity contribution in [2.24, 2.45) is 5.92 Å². The summed E-state index contributed by atoms with van der Waals surface area (Å²) in [5.74, 6) is 0.291. The van der Waals surface area contributed by atoms with Crippen molar-refractivity contribution >= 4 is 5.78 Å². The molecule has 1 aromatic rings. The number of Topliss-reactive ketones (excluding diaryl/α,β-unsaturated/α-hetero) is 1. The van der Waals surface area contributed by atoms with Gasteiger partial charge >= 0.3 is 0 Å². The Morgan fingerprint density at radius 3 is 2.81 bits per heavy atom. The van der Waals surface area contributed by atoms with Gasteiger partial charge in [-0.1, -0.05) is 33.1 Å². The van der Waals surface area contributed by atoms with E-state index in [1.807, 2.05) is 32.3 Å². The minimum Gasteiger partial charge on any atom is -0.370 e. The fourth-order valence-electron chi connectivity index (χ4n) is 3.86. The fraction of sp³-hybridized carbons (Fsp3) is 0.722. The SMILES string of the molecule is CC(C)C(=O)c1ccn(CC2CCC3(CCCCC3)O2)c1. The van der Waals surface area contributed by atoms with E-state index in [4.69, 9.17) is 4.74 Å². The van der Waals surface area contributed by atoms with E-state index < -0.39 is 0 Å². The van der Waals surface area contributed by atoms with Crippen LogP contribution in [0.25, 0.3) is 0 Å². The largest absolute Gasteiger partial charge is 0.370 e. The lowest BCUT2D eigenvalue weighted by molar-refractivity contribution is -0.0679. The van der Waals surface area contributed by atoms with Crippen LogP contribution in [0.3, 0.4) is 0 Å². The Kier molecular flexibility index (Phi) is 4.21. The van der Waals surface area contributed by atoms with Crippen molar-refractivity contribution in [1.82, 2.24) is 4.57 Å². The standard InChI is InChI=1S/C18H27NO2/c1-14(2)17(20)15-7-11-19(12-15)13-16-6-10-18(21-16)8-4-3-5-9-18/h7,11-12,14,16H,3-6,8-10,13H2,1-2H3. The third kappa shape index (κ3) is 3.23. The van der Waals surface area contributed by atoms with E-state index in [9.17, 15) is 4.79 Å². The van der Waals surface area contributed by atoms with Crippen LogP contribution in [0.5, 0.6) is 0 Å². The highest BCUT2D eigenvalue weighted by Crippen LogP contribution is 2.42. The molecule has 1 atom stereocenters. The van der Waals surface area contributed by atoms with E-state index in [0.717, 1.165) is 18.5 Å². The maximum absolute atomic E-state index is 12.0. The summed E-state index contributed by atoms with van der Waals surface area (Å²) in [7, 11) is 0. The highest BCUT2D eigenvalue weighted by Gasteiger charge is 2.40. The molecule has 0 amide bonds. The molecule has 1 unspecified atom stereocenters. The molecule has 0 N–H and O–H groups in total. The third-order valence-electron chi connectivity index (χ3n) is 5.08. The van der Waals surface area contributed by atoms with Crippen LogP contribution in [0, 0.1) is 5.92 Å². The average Bonchev–Trinajstić information content (AvgIpc) is 3.07. The molecule has 3 rings (SSSR count). The van der Waals surface area contributed by atoms with Crippen molar-refractivity contribution in [2.75, 3.05) is 0 Å². The predicted molar refractivity (Wildman–Crippen MR) is 83.5 cm³/mol. The quantitative estimate of drug-likeness (QED) is 0.778. The molecular formula is C18H27NO2. The summed E-state index contributed by atoms with van der Waals surface area (Å²) < 4.78 is 8.53. The first-order valence-corrected chi connectivity index (χ1v) is 8.46. The molecule has 0 radical (unpaired) electrons. The normalized spacial score (nSPS) is 24.8. The van der Waals surface area contributed by atoms with Gasteiger partial charge in [0.15, 0.2) is 5.78 Å². The van der Waals surface area contributed by atoms with Gasteiger partial charge in [-0.05, 0) is 31.7 Å². The second-order valence-electron chi connectivity index (χ2n) is 7.14. The number of hydrogen-bond donors (Lipinski definition) is 0. The maximum Gasteiger partial charge on any atom is 0.166 e. The van der Waals surface area contributed by atoms with Crippen molar-refractivity contribution in [1.29, 1.82) is 0 Å². The summed E-state index contributed by atoms with van der Waals surface area (Å²) >= 11 is 0. The first kappa shape index (κ1) is 14.8. The Bertz CT molecular complexity index is 497. The maximum atomic E-state index is 12.0. The zero-order valence-corrected chi connectivity index (χ0v) is 13.3. The molecular weight excluding hydrogens is 262 g/mol. The van der Waals surface area contributed by atoms with Crippen LogP contribution < -0.4 is 0 Å². The van der Waals surface area contributed by atoms with Crippen LogP contribution in [0.2, 0.25) is 0 Å². The number of nitrogens with zero attached hydrogens (tertiary/aromatic N) is 1. The Morgan fingerprint density at radius 2 is 2.10 bits per heavy atom. The molecule has 0 aromatic carbocycles. The average molecular weight is 289 g/mol. The van der Waals surface area contributed by atoms with Crippen LogP contribution >= 0.6 is 0 Å². The number of hydrogen-bond acceptors (Lipinski definition) is 2. The topological polar surface area (TPSA) is 31.2 Å². The minimum absolute atomic E-state index is 0.0640. The second-order valence-corrected chi connectivity index (χ2v) is 7.14. The molecule has 1 aliphatic carbocycles. The van der Waals surface area contributed by atoms with E-state index in [0.29, 0.717) is 6.10 Å². The minimum atomic E-state index is 0.0640. The Hall–Kier alpha value is -1.09. The second kappa shape index (κ2) is 5.96. The Balaban J connectivity index is 1.59. The third-order valence-corrected chi connectivity index (χ3v) is 5.08. The van der Waals surface area contributed by atoms with Crippen LogP contribution in [-0.4, -0.2) is 22.1 Å². The van der Waals surface area contributed by atoms with Crippen molar-refractivity contribution in [3.8, 4) is 0 Å². The van der Waals surface area contributed by atoms with E-state index in [1.165, 1.54) is 38.5 Å². The first-order valence-electron chi connectivity index (χ1n) is 8.46. The summed E-state index contributed by atoms with van der Waals surface area (Å²) in [6.07, 6.45) is 13.2. The van der Waals surface area contributed by atoms with Crippen molar-refractivity contribution in [3.63, 3.8) is 0 Å². The van der Waals surface area contributed by atoms with Crippen LogP contribution in [0.15, 0.2) is 18.5 Å². The predicted octanol–water partition coefficient (Wildman–Crippen LogP) is 4.21. The molecule has 2 heterocycles. The smallest absolute Gasteiger partial charge is 0.166 e. The molecule has 1 aliphatic heterocycles. The van der Waals surface area contributed by atoms with E-state index >= 15 is 0 Å². The van der Waals surface area contributed by atoms with Crippen molar-refractivity contribution in [2.45, 2.75) is 77.0 Å². The summed E-state index contributed by atoms with van der Waals surface area (Å²) in [4.78, 5) is 12.0. The summed E-state index contributed by atoms with van der Waals surface area (Å²) in [6, 6.07) is 1.94. The summed E-state index contributed by atoms with van der Waals surface area (Å²) in [6.45, 7) is 4.78. The van der Waals surface area contributed by atoms with Gasteiger partial charge in [0.05, 0.1) is 11.7 Å². The van der Waals surface area contributed by atoms with Gasteiger partial charge in [0.25, 0.3) is 0 Å². The fourth-order valence-corrected chi connectivity index (χ4v) is 3.86. The number of ketones is 1. The van der Waals surface area contributed by atoms with Gasteiger partial charge in [-0.15, -0.1) is 0 Å². The van der Waals surface area contributed by atoms with Crippen LogP contribution in [0.4, 0.5) is 0 Å². The molecule has 0 bridgehead atoms. The first-order chi connectivity index (χ1) is 10.1. The number of ether oxygens (including phenoxy) is 1. The molecule has 1 saturated heterocycles. The molecule has 1 aromatic heterocycles. The number of carbonyl (C=O) groups is 1. The molecule has 3 heteroatoms. The number of carbonyl (C=O) groups excluding carboxylic acids is 1. The Morgan fingerprint density at radius 1 is 1.33 bits per heavy atom. The van der Waals surface area contributed by atoms with E-state index in [2.05, 4.69) is 4.57 Å². The molecule has 116 valence electrons. The van der Waals surface area contributed by atoms with Crippen LogP contribution in [-0.2, 0) is 11.3 Å². The highest BCUT2D eigenvalue weighted by atomic mass is 16.5. The highest BCUT2D eigenvalue weighted by molar-refractivity contribution is 5.97. The van der Waals surface area contributed by atoms with E-state index in [-0.39, 0.29) is 17.3 Å². The molecule has 1 spiro atoms. The number of rotatable bonds is 4. The lowest BCUT2D eigenvalue weighted by Crippen LogP contribution is -2.32. The van der Waals surface area contributed by atoms with Crippen molar-refractivity contribution in [3.05, 3.63) is 24.0 Å². The Labute approximate surface area is 127 Å². The monoisotopic (exact) mass is 289 g/mol.